The number of non-ortho nitro benzene ring substituents is 1. The van der Waals surface area contributed by atoms with Crippen LogP contribution in [0.1, 0.15) is 39.2 Å². The molecule has 3 rings (SSSR count). The van der Waals surface area contributed by atoms with Crippen molar-refractivity contribution in [1.29, 1.82) is 0 Å². The van der Waals surface area contributed by atoms with Crippen LogP contribution in [0.25, 0.3) is 0 Å². The molecule has 0 heterocycles. The highest BCUT2D eigenvalue weighted by Gasteiger charge is 2.17. The predicted molar refractivity (Wildman–Crippen MR) is 110 cm³/mol. The Morgan fingerprint density at radius 2 is 1.48 bits per heavy atom. The number of nitrogens with zero attached hydrogens (tertiary/aromatic N) is 1. The van der Waals surface area contributed by atoms with Crippen molar-refractivity contribution in [2.24, 2.45) is 0 Å². The molecule has 0 bridgehead atoms. The molecule has 3 aromatic rings. The fourth-order valence-corrected chi connectivity index (χ4v) is 2.82. The Morgan fingerprint density at radius 3 is 2.14 bits per heavy atom. The standard InChI is InChI=1S/C22H19N3O4/c1-15(16-7-3-2-4-8-16)23-22(27)19-9-5-6-10-20(19)24-21(26)17-11-13-18(14-12-17)25(28)29/h2-15H,1H3,(H,23,27)(H,24,26)/t15-/m1/s1. The van der Waals surface area contributed by atoms with Gasteiger partial charge in [-0.15, -0.1) is 0 Å². The summed E-state index contributed by atoms with van der Waals surface area (Å²) in [5, 5.41) is 16.4. The molecule has 0 saturated carbocycles. The highest BCUT2D eigenvalue weighted by atomic mass is 16.6. The molecule has 29 heavy (non-hydrogen) atoms. The van der Waals surface area contributed by atoms with Crippen LogP contribution in [0.15, 0.2) is 78.9 Å². The largest absolute Gasteiger partial charge is 0.345 e. The Bertz CT molecular complexity index is 1030. The molecule has 7 heteroatoms. The van der Waals surface area contributed by atoms with Gasteiger partial charge in [-0.1, -0.05) is 42.5 Å². The van der Waals surface area contributed by atoms with Crippen LogP contribution in [0.2, 0.25) is 0 Å². The van der Waals surface area contributed by atoms with Gasteiger partial charge in [0.1, 0.15) is 0 Å². The SMILES string of the molecule is C[C@@H](NC(=O)c1ccccc1NC(=O)c1ccc([N+](=O)[O-])cc1)c1ccccc1. The number of hydrogen-bond donors (Lipinski definition) is 2. The number of nitro groups is 1. The second kappa shape index (κ2) is 8.79. The molecule has 0 aromatic heterocycles. The summed E-state index contributed by atoms with van der Waals surface area (Å²) in [5.74, 6) is -0.780. The highest BCUT2D eigenvalue weighted by molar-refractivity contribution is 6.09. The van der Waals surface area contributed by atoms with Gasteiger partial charge in [-0.2, -0.15) is 0 Å². The van der Waals surface area contributed by atoms with Gasteiger partial charge in [-0.25, -0.2) is 0 Å². The molecule has 146 valence electrons. The third-order valence-electron chi connectivity index (χ3n) is 4.41. The van der Waals surface area contributed by atoms with Gasteiger partial charge in [-0.05, 0) is 36.8 Å². The molecule has 0 aliphatic carbocycles. The number of nitrogens with one attached hydrogen (secondary N) is 2. The minimum atomic E-state index is -0.533. The van der Waals surface area contributed by atoms with E-state index in [2.05, 4.69) is 10.6 Å². The van der Waals surface area contributed by atoms with E-state index in [9.17, 15) is 19.7 Å². The lowest BCUT2D eigenvalue weighted by atomic mass is 10.1. The van der Waals surface area contributed by atoms with Gasteiger partial charge in [-0.3, -0.25) is 19.7 Å². The van der Waals surface area contributed by atoms with E-state index in [1.165, 1.54) is 24.3 Å². The first kappa shape index (κ1) is 19.8. The Kier molecular flexibility index (Phi) is 5.99. The van der Waals surface area contributed by atoms with Crippen molar-refractivity contribution in [3.05, 3.63) is 106 Å². The van der Waals surface area contributed by atoms with Crippen molar-refractivity contribution in [1.82, 2.24) is 5.32 Å². The van der Waals surface area contributed by atoms with Crippen LogP contribution < -0.4 is 10.6 Å². The van der Waals surface area contributed by atoms with Crippen LogP contribution >= 0.6 is 0 Å². The lowest BCUT2D eigenvalue weighted by Gasteiger charge is -2.16. The van der Waals surface area contributed by atoms with E-state index in [-0.39, 0.29) is 23.2 Å². The van der Waals surface area contributed by atoms with Gasteiger partial charge >= 0.3 is 0 Å². The van der Waals surface area contributed by atoms with Gasteiger partial charge in [0.15, 0.2) is 0 Å². The van der Waals surface area contributed by atoms with Crippen LogP contribution in [0, 0.1) is 10.1 Å². The zero-order valence-electron chi connectivity index (χ0n) is 15.7. The van der Waals surface area contributed by atoms with Crippen LogP contribution in [-0.4, -0.2) is 16.7 Å². The van der Waals surface area contributed by atoms with Gasteiger partial charge in [0.05, 0.1) is 22.2 Å². The molecule has 2 amide bonds. The minimum absolute atomic E-state index is 0.101. The molecule has 0 unspecified atom stereocenters. The van der Waals surface area contributed by atoms with Crippen molar-refractivity contribution >= 4 is 23.2 Å². The summed E-state index contributed by atoms with van der Waals surface area (Å²) in [6, 6.07) is 21.3. The van der Waals surface area contributed by atoms with E-state index in [0.717, 1.165) is 5.56 Å². The van der Waals surface area contributed by atoms with Gasteiger partial charge in [0.25, 0.3) is 17.5 Å². The third-order valence-corrected chi connectivity index (χ3v) is 4.41. The quantitative estimate of drug-likeness (QED) is 0.484. The molecule has 0 saturated heterocycles. The summed E-state index contributed by atoms with van der Waals surface area (Å²) >= 11 is 0. The van der Waals surface area contributed by atoms with Gasteiger partial charge in [0.2, 0.25) is 0 Å². The predicted octanol–water partition coefficient (Wildman–Crippen LogP) is 4.34. The number of carbonyl (C=O) groups is 2. The summed E-state index contributed by atoms with van der Waals surface area (Å²) in [6.45, 7) is 1.88. The monoisotopic (exact) mass is 389 g/mol. The first-order valence-corrected chi connectivity index (χ1v) is 8.96. The zero-order chi connectivity index (χ0) is 20.8. The number of anilines is 1. The highest BCUT2D eigenvalue weighted by Crippen LogP contribution is 2.19. The van der Waals surface area contributed by atoms with E-state index < -0.39 is 10.8 Å². The average molecular weight is 389 g/mol. The molecule has 2 N–H and O–H groups in total. The molecule has 3 aromatic carbocycles. The average Bonchev–Trinajstić information content (AvgIpc) is 2.74. The molecule has 0 aliphatic rings. The first-order chi connectivity index (χ1) is 14.0. The minimum Gasteiger partial charge on any atom is -0.345 e. The number of hydrogen-bond acceptors (Lipinski definition) is 4. The van der Waals surface area contributed by atoms with E-state index >= 15 is 0 Å². The van der Waals surface area contributed by atoms with Crippen LogP contribution in [-0.2, 0) is 0 Å². The van der Waals surface area contributed by atoms with E-state index in [4.69, 9.17) is 0 Å². The Balaban J connectivity index is 1.75. The maximum Gasteiger partial charge on any atom is 0.269 e. The normalized spacial score (nSPS) is 11.3. The number of nitro benzene ring substituents is 1. The van der Waals surface area contributed by atoms with Crippen LogP contribution in [0.5, 0.6) is 0 Å². The lowest BCUT2D eigenvalue weighted by molar-refractivity contribution is -0.384. The zero-order valence-corrected chi connectivity index (χ0v) is 15.7. The smallest absolute Gasteiger partial charge is 0.269 e. The fraction of sp³-hybridized carbons (Fsp3) is 0.0909. The Hall–Kier alpha value is -4.00. The van der Waals surface area contributed by atoms with E-state index in [1.807, 2.05) is 37.3 Å². The second-order valence-corrected chi connectivity index (χ2v) is 6.41. The maximum atomic E-state index is 12.7. The molecule has 0 radical (unpaired) electrons. The lowest BCUT2D eigenvalue weighted by Crippen LogP contribution is -2.28. The summed E-state index contributed by atoms with van der Waals surface area (Å²) in [7, 11) is 0. The number of amides is 2. The molecular formula is C22H19N3O4. The number of benzene rings is 3. The third kappa shape index (κ3) is 4.84. The van der Waals surface area contributed by atoms with Crippen molar-refractivity contribution < 1.29 is 14.5 Å². The van der Waals surface area contributed by atoms with Crippen molar-refractivity contribution in [2.45, 2.75) is 13.0 Å². The Morgan fingerprint density at radius 1 is 0.862 bits per heavy atom. The van der Waals surface area contributed by atoms with Crippen molar-refractivity contribution in [3.8, 4) is 0 Å². The summed E-state index contributed by atoms with van der Waals surface area (Å²) < 4.78 is 0. The molecule has 0 aliphatic heterocycles. The number of para-hydroxylation sites is 1. The molecule has 0 fully saturated rings. The molecular weight excluding hydrogens is 370 g/mol. The van der Waals surface area contributed by atoms with E-state index in [1.54, 1.807) is 24.3 Å². The van der Waals surface area contributed by atoms with Gasteiger partial charge in [0, 0.05) is 17.7 Å². The summed E-state index contributed by atoms with van der Waals surface area (Å²) in [6.07, 6.45) is 0. The summed E-state index contributed by atoms with van der Waals surface area (Å²) in [4.78, 5) is 35.5. The summed E-state index contributed by atoms with van der Waals surface area (Å²) in [5.41, 5.74) is 1.80. The molecule has 1 atom stereocenters. The second-order valence-electron chi connectivity index (χ2n) is 6.41. The molecule has 0 spiro atoms. The van der Waals surface area contributed by atoms with E-state index in [0.29, 0.717) is 11.3 Å². The number of rotatable bonds is 6. The maximum absolute atomic E-state index is 12.7. The van der Waals surface area contributed by atoms with Crippen molar-refractivity contribution in [2.75, 3.05) is 5.32 Å². The fourth-order valence-electron chi connectivity index (χ4n) is 2.82. The van der Waals surface area contributed by atoms with Crippen LogP contribution in [0.4, 0.5) is 11.4 Å². The van der Waals surface area contributed by atoms with Crippen LogP contribution in [0.3, 0.4) is 0 Å². The number of carbonyl (C=O) groups excluding carboxylic acids is 2. The topological polar surface area (TPSA) is 101 Å². The molecule has 7 nitrogen and oxygen atoms in total. The first-order valence-electron chi connectivity index (χ1n) is 8.96. The van der Waals surface area contributed by atoms with Crippen molar-refractivity contribution in [3.63, 3.8) is 0 Å². The van der Waals surface area contributed by atoms with Gasteiger partial charge < -0.3 is 10.6 Å². The Labute approximate surface area is 167 Å².